The molecular weight excluding hydrogens is 492 g/mol. The van der Waals surface area contributed by atoms with E-state index in [1.165, 1.54) is 11.8 Å². The molecule has 8 heteroatoms. The highest BCUT2D eigenvalue weighted by atomic mass is 32.2. The van der Waals surface area contributed by atoms with Crippen LogP contribution in [0.2, 0.25) is 0 Å². The quantitative estimate of drug-likeness (QED) is 0.229. The molecule has 3 aromatic rings. The Morgan fingerprint density at radius 1 is 1.14 bits per heavy atom. The minimum atomic E-state index is -0.320. The summed E-state index contributed by atoms with van der Waals surface area (Å²) in [5, 5.41) is 0. The SMILES string of the molecule is CN1CCCC1COC(=O)c1ccc(-c2ccc(/C=C3/SC(=S)N(Cc4ccccc4)C3=O)o2)cc1. The highest BCUT2D eigenvalue weighted by Gasteiger charge is 2.32. The van der Waals surface area contributed by atoms with Crippen molar-refractivity contribution in [3.8, 4) is 11.3 Å². The molecule has 1 aromatic heterocycles. The number of furan rings is 1. The van der Waals surface area contributed by atoms with Gasteiger partial charge in [-0.05, 0) is 56.3 Å². The van der Waals surface area contributed by atoms with Gasteiger partial charge in [0, 0.05) is 17.7 Å². The maximum atomic E-state index is 12.9. The van der Waals surface area contributed by atoms with Gasteiger partial charge in [0.15, 0.2) is 0 Å². The fourth-order valence-corrected chi connectivity index (χ4v) is 5.57. The molecule has 184 valence electrons. The molecule has 0 aliphatic carbocycles. The van der Waals surface area contributed by atoms with Gasteiger partial charge in [0.1, 0.15) is 22.4 Å². The number of carbonyl (C=O) groups is 2. The van der Waals surface area contributed by atoms with Gasteiger partial charge in [-0.3, -0.25) is 9.69 Å². The number of amides is 1. The molecule has 36 heavy (non-hydrogen) atoms. The lowest BCUT2D eigenvalue weighted by molar-refractivity contribution is -0.122. The van der Waals surface area contributed by atoms with E-state index in [0.29, 0.717) is 45.5 Å². The van der Waals surface area contributed by atoms with Crippen molar-refractivity contribution in [2.45, 2.75) is 25.4 Å². The van der Waals surface area contributed by atoms with Crippen LogP contribution >= 0.6 is 24.0 Å². The van der Waals surface area contributed by atoms with Crippen LogP contribution in [-0.4, -0.2) is 52.2 Å². The number of nitrogens with zero attached hydrogens (tertiary/aromatic N) is 2. The van der Waals surface area contributed by atoms with Crippen LogP contribution in [0.5, 0.6) is 0 Å². The number of rotatable bonds is 7. The van der Waals surface area contributed by atoms with Gasteiger partial charge in [-0.25, -0.2) is 4.79 Å². The van der Waals surface area contributed by atoms with Crippen molar-refractivity contribution < 1.29 is 18.7 Å². The van der Waals surface area contributed by atoms with E-state index in [2.05, 4.69) is 11.9 Å². The highest BCUT2D eigenvalue weighted by molar-refractivity contribution is 8.26. The van der Waals surface area contributed by atoms with Crippen molar-refractivity contribution in [3.63, 3.8) is 0 Å². The molecule has 1 amide bonds. The summed E-state index contributed by atoms with van der Waals surface area (Å²) in [7, 11) is 2.06. The van der Waals surface area contributed by atoms with E-state index in [1.54, 1.807) is 23.1 Å². The molecule has 3 heterocycles. The maximum Gasteiger partial charge on any atom is 0.338 e. The summed E-state index contributed by atoms with van der Waals surface area (Å²) in [6.45, 7) is 1.90. The van der Waals surface area contributed by atoms with Crippen LogP contribution in [0.15, 0.2) is 76.1 Å². The van der Waals surface area contributed by atoms with Gasteiger partial charge in [-0.2, -0.15) is 0 Å². The number of hydrogen-bond acceptors (Lipinski definition) is 7. The third-order valence-corrected chi connectivity index (χ3v) is 7.82. The first-order chi connectivity index (χ1) is 17.5. The molecule has 0 bridgehead atoms. The van der Waals surface area contributed by atoms with E-state index in [0.717, 1.165) is 30.5 Å². The van der Waals surface area contributed by atoms with E-state index in [-0.39, 0.29) is 11.9 Å². The number of ether oxygens (including phenoxy) is 1. The van der Waals surface area contributed by atoms with Crippen LogP contribution in [-0.2, 0) is 16.1 Å². The van der Waals surface area contributed by atoms with Crippen molar-refractivity contribution >= 4 is 46.3 Å². The predicted molar refractivity (Wildman–Crippen MR) is 145 cm³/mol. The zero-order chi connectivity index (χ0) is 25.1. The van der Waals surface area contributed by atoms with E-state index >= 15 is 0 Å². The van der Waals surface area contributed by atoms with E-state index in [1.807, 2.05) is 54.6 Å². The minimum absolute atomic E-state index is 0.126. The summed E-state index contributed by atoms with van der Waals surface area (Å²) in [6.07, 6.45) is 3.92. The maximum absolute atomic E-state index is 12.9. The lowest BCUT2D eigenvalue weighted by Gasteiger charge is -2.18. The van der Waals surface area contributed by atoms with Crippen LogP contribution < -0.4 is 0 Å². The average molecular weight is 519 g/mol. The first-order valence-corrected chi connectivity index (χ1v) is 13.1. The zero-order valence-corrected chi connectivity index (χ0v) is 21.5. The van der Waals surface area contributed by atoms with Crippen molar-refractivity contribution in [2.75, 3.05) is 20.2 Å². The third kappa shape index (κ3) is 5.46. The number of benzene rings is 2. The first kappa shape index (κ1) is 24.5. The molecule has 0 saturated carbocycles. The molecule has 6 nitrogen and oxygen atoms in total. The van der Waals surface area contributed by atoms with E-state index in [9.17, 15) is 9.59 Å². The molecule has 1 atom stereocenters. The second-order valence-electron chi connectivity index (χ2n) is 8.91. The summed E-state index contributed by atoms with van der Waals surface area (Å²) < 4.78 is 12.0. The van der Waals surface area contributed by atoms with E-state index < -0.39 is 0 Å². The van der Waals surface area contributed by atoms with Gasteiger partial charge in [0.25, 0.3) is 5.91 Å². The Bertz CT molecular complexity index is 1300. The number of thiocarbonyl (C=S) groups is 1. The van der Waals surface area contributed by atoms with Gasteiger partial charge in [-0.15, -0.1) is 0 Å². The molecule has 2 fully saturated rings. The Hall–Kier alpha value is -3.20. The van der Waals surface area contributed by atoms with Crippen LogP contribution in [0.25, 0.3) is 17.4 Å². The molecule has 0 N–H and O–H groups in total. The van der Waals surface area contributed by atoms with Crippen LogP contribution in [0, 0.1) is 0 Å². The number of likely N-dealkylation sites (tertiary alicyclic amines) is 1. The monoisotopic (exact) mass is 518 g/mol. The Balaban J connectivity index is 1.22. The minimum Gasteiger partial charge on any atom is -0.460 e. The topological polar surface area (TPSA) is 63.0 Å². The Labute approximate surface area is 219 Å². The average Bonchev–Trinajstić information content (AvgIpc) is 3.60. The summed E-state index contributed by atoms with van der Waals surface area (Å²) in [6, 6.07) is 20.9. The predicted octanol–water partition coefficient (Wildman–Crippen LogP) is 5.60. The van der Waals surface area contributed by atoms with Crippen molar-refractivity contribution in [1.82, 2.24) is 9.80 Å². The zero-order valence-electron chi connectivity index (χ0n) is 19.9. The standard InChI is InChI=1S/C28H26N2O4S2/c1-29-15-5-8-22(29)18-33-27(32)21-11-9-20(10-12-21)24-14-13-23(34-24)16-25-26(31)30(28(35)36-25)17-19-6-3-2-4-7-19/h2-4,6-7,9-14,16,22H,5,8,15,17-18H2,1H3/b25-16+. The molecule has 5 rings (SSSR count). The lowest BCUT2D eigenvalue weighted by atomic mass is 10.1. The number of hydrogen-bond donors (Lipinski definition) is 0. The summed E-state index contributed by atoms with van der Waals surface area (Å²) in [5.74, 6) is 0.765. The van der Waals surface area contributed by atoms with Crippen LogP contribution in [0.4, 0.5) is 0 Å². The summed E-state index contributed by atoms with van der Waals surface area (Å²) in [5.41, 5.74) is 2.36. The summed E-state index contributed by atoms with van der Waals surface area (Å²) >= 11 is 6.71. The van der Waals surface area contributed by atoms with Crippen molar-refractivity contribution in [3.05, 3.63) is 88.5 Å². The second-order valence-corrected chi connectivity index (χ2v) is 10.6. The van der Waals surface area contributed by atoms with Gasteiger partial charge >= 0.3 is 5.97 Å². The molecule has 2 aliphatic heterocycles. The molecule has 2 saturated heterocycles. The van der Waals surface area contributed by atoms with Crippen LogP contribution in [0.1, 0.15) is 34.5 Å². The summed E-state index contributed by atoms with van der Waals surface area (Å²) in [4.78, 5) is 29.7. The lowest BCUT2D eigenvalue weighted by Crippen LogP contribution is -2.30. The fourth-order valence-electron chi connectivity index (χ4n) is 4.33. The smallest absolute Gasteiger partial charge is 0.338 e. The highest BCUT2D eigenvalue weighted by Crippen LogP contribution is 2.34. The second kappa shape index (κ2) is 10.8. The number of thioether (sulfide) groups is 1. The van der Waals surface area contributed by atoms with Crippen LogP contribution in [0.3, 0.4) is 0 Å². The van der Waals surface area contributed by atoms with E-state index in [4.69, 9.17) is 21.4 Å². The van der Waals surface area contributed by atoms with Gasteiger partial charge < -0.3 is 14.1 Å². The molecule has 2 aromatic carbocycles. The van der Waals surface area contributed by atoms with Gasteiger partial charge in [-0.1, -0.05) is 66.4 Å². The Morgan fingerprint density at radius 2 is 1.92 bits per heavy atom. The molecule has 0 spiro atoms. The van der Waals surface area contributed by atoms with Crippen molar-refractivity contribution in [1.29, 1.82) is 0 Å². The largest absolute Gasteiger partial charge is 0.460 e. The molecule has 0 radical (unpaired) electrons. The molecule has 1 unspecified atom stereocenters. The van der Waals surface area contributed by atoms with Gasteiger partial charge in [0.05, 0.1) is 17.0 Å². The first-order valence-electron chi connectivity index (χ1n) is 11.8. The number of carbonyl (C=O) groups excluding carboxylic acids is 2. The normalized spacial score (nSPS) is 19.4. The van der Waals surface area contributed by atoms with Crippen molar-refractivity contribution in [2.24, 2.45) is 0 Å². The molecular formula is C28H26N2O4S2. The Kier molecular flexibility index (Phi) is 7.36. The number of esters is 1. The Morgan fingerprint density at radius 3 is 2.64 bits per heavy atom. The fraction of sp³-hybridized carbons (Fsp3) is 0.250. The number of likely N-dealkylation sites (N-methyl/N-ethyl adjacent to an activating group) is 1. The third-order valence-electron chi connectivity index (χ3n) is 6.44. The molecule has 2 aliphatic rings. The van der Waals surface area contributed by atoms with Gasteiger partial charge in [0.2, 0.25) is 0 Å².